The first-order valence-corrected chi connectivity index (χ1v) is 10.4. The molecule has 2 atom stereocenters. The molecule has 4 heterocycles. The second-order valence-corrected chi connectivity index (χ2v) is 8.29. The zero-order valence-corrected chi connectivity index (χ0v) is 16.6. The second-order valence-electron chi connectivity index (χ2n) is 7.31. The van der Waals surface area contributed by atoms with Gasteiger partial charge in [0, 0.05) is 16.0 Å². The zero-order chi connectivity index (χ0) is 19.4. The lowest BCUT2D eigenvalue weighted by atomic mass is 9.86. The average molecular weight is 398 g/mol. The van der Waals surface area contributed by atoms with Crippen molar-refractivity contribution in [2.75, 3.05) is 5.32 Å². The first kappa shape index (κ1) is 16.6. The molecule has 0 fully saturated rings. The molecule has 1 N–H and O–H groups in total. The Bertz CT molecular complexity index is 1230. The molecule has 2 aliphatic rings. The van der Waals surface area contributed by atoms with Crippen LogP contribution in [0.2, 0.25) is 0 Å². The van der Waals surface area contributed by atoms with Crippen molar-refractivity contribution in [1.82, 2.24) is 14.8 Å². The van der Waals surface area contributed by atoms with Gasteiger partial charge in [-0.25, -0.2) is 4.68 Å². The number of ether oxygens (including phenoxy) is 1. The van der Waals surface area contributed by atoms with Gasteiger partial charge in [-0.05, 0) is 36.1 Å². The van der Waals surface area contributed by atoms with Gasteiger partial charge in [0.1, 0.15) is 18.1 Å². The summed E-state index contributed by atoms with van der Waals surface area (Å²) in [6.07, 6.45) is 1.42. The number of thiophene rings is 1. The molecular weight excluding hydrogens is 380 g/mol. The van der Waals surface area contributed by atoms with Crippen molar-refractivity contribution in [3.8, 4) is 5.75 Å². The van der Waals surface area contributed by atoms with Crippen LogP contribution in [0.4, 0.5) is 5.95 Å². The Morgan fingerprint density at radius 3 is 2.79 bits per heavy atom. The van der Waals surface area contributed by atoms with E-state index in [-0.39, 0.29) is 12.1 Å². The van der Waals surface area contributed by atoms with E-state index in [1.165, 1.54) is 10.4 Å². The number of fused-ring (bicyclic) bond motifs is 3. The number of nitrogens with one attached hydrogen (secondary N) is 1. The number of benzene rings is 2. The van der Waals surface area contributed by atoms with E-state index in [1.807, 2.05) is 10.7 Å². The van der Waals surface area contributed by atoms with Gasteiger partial charge in [0.15, 0.2) is 6.10 Å². The van der Waals surface area contributed by atoms with Gasteiger partial charge in [-0.3, -0.25) is 0 Å². The molecule has 2 aromatic carbocycles. The number of anilines is 1. The Morgan fingerprint density at radius 1 is 1.07 bits per heavy atom. The van der Waals surface area contributed by atoms with Crippen molar-refractivity contribution >= 4 is 23.0 Å². The summed E-state index contributed by atoms with van der Waals surface area (Å²) >= 11 is 1.71. The number of aryl methyl sites for hydroxylation is 1. The highest BCUT2D eigenvalue weighted by molar-refractivity contribution is 7.10. The van der Waals surface area contributed by atoms with E-state index in [0.29, 0.717) is 0 Å². The van der Waals surface area contributed by atoms with Gasteiger partial charge in [0.25, 0.3) is 0 Å². The summed E-state index contributed by atoms with van der Waals surface area (Å²) in [5.41, 5.74) is 5.66. The Labute approximate surface area is 172 Å². The Hall–Kier alpha value is -3.38. The van der Waals surface area contributed by atoms with E-state index in [1.54, 1.807) is 17.7 Å². The van der Waals surface area contributed by atoms with Crippen LogP contribution < -0.4 is 10.1 Å². The van der Waals surface area contributed by atoms with Crippen LogP contribution in [0.25, 0.3) is 5.70 Å². The first-order chi connectivity index (χ1) is 14.3. The molecule has 2 aromatic heterocycles. The molecule has 4 aromatic rings. The van der Waals surface area contributed by atoms with Crippen LogP contribution in [-0.2, 0) is 0 Å². The maximum Gasteiger partial charge on any atom is 0.226 e. The molecule has 0 bridgehead atoms. The Morgan fingerprint density at radius 2 is 1.97 bits per heavy atom. The fourth-order valence-electron chi connectivity index (χ4n) is 4.22. The minimum Gasteiger partial charge on any atom is -0.480 e. The van der Waals surface area contributed by atoms with Crippen LogP contribution in [0.1, 0.15) is 33.7 Å². The maximum atomic E-state index is 6.60. The van der Waals surface area contributed by atoms with Crippen molar-refractivity contribution in [2.45, 2.75) is 19.1 Å². The Kier molecular flexibility index (Phi) is 3.61. The molecule has 5 nitrogen and oxygen atoms in total. The highest BCUT2D eigenvalue weighted by Gasteiger charge is 2.41. The predicted octanol–water partition coefficient (Wildman–Crippen LogP) is 5.21. The van der Waals surface area contributed by atoms with Gasteiger partial charge in [-0.1, -0.05) is 48.0 Å². The summed E-state index contributed by atoms with van der Waals surface area (Å²) in [6.45, 7) is 2.10. The minimum atomic E-state index is -0.185. The molecular formula is C23H18N4OS. The highest BCUT2D eigenvalue weighted by atomic mass is 32.1. The van der Waals surface area contributed by atoms with Gasteiger partial charge in [-0.15, -0.1) is 11.3 Å². The topological polar surface area (TPSA) is 52.0 Å². The summed E-state index contributed by atoms with van der Waals surface area (Å²) in [6, 6.07) is 20.9. The highest BCUT2D eigenvalue weighted by Crippen LogP contribution is 2.51. The van der Waals surface area contributed by atoms with Crippen LogP contribution in [0, 0.1) is 6.92 Å². The molecule has 2 aliphatic heterocycles. The van der Waals surface area contributed by atoms with Crippen LogP contribution in [0.5, 0.6) is 5.75 Å². The fraction of sp³-hybridized carbons (Fsp3) is 0.130. The summed E-state index contributed by atoms with van der Waals surface area (Å²) in [5, 5.41) is 10.2. The van der Waals surface area contributed by atoms with Gasteiger partial charge >= 0.3 is 0 Å². The molecule has 29 heavy (non-hydrogen) atoms. The van der Waals surface area contributed by atoms with E-state index >= 15 is 0 Å². The third kappa shape index (κ3) is 2.53. The van der Waals surface area contributed by atoms with Gasteiger partial charge in [0.2, 0.25) is 5.95 Å². The van der Waals surface area contributed by atoms with Gasteiger partial charge < -0.3 is 10.1 Å². The molecule has 0 saturated heterocycles. The SMILES string of the molecule is Cc1ccc2c(c1)C1=C(C(c3cccs3)O2)C(c2ccccc2)n2ncnc2N1. The van der Waals surface area contributed by atoms with E-state index in [9.17, 15) is 0 Å². The van der Waals surface area contributed by atoms with E-state index in [2.05, 4.69) is 82.3 Å². The predicted molar refractivity (Wildman–Crippen MR) is 114 cm³/mol. The van der Waals surface area contributed by atoms with Crippen LogP contribution in [0.15, 0.2) is 77.9 Å². The lowest BCUT2D eigenvalue weighted by Crippen LogP contribution is -2.32. The summed E-state index contributed by atoms with van der Waals surface area (Å²) in [4.78, 5) is 5.65. The van der Waals surface area contributed by atoms with Crippen molar-refractivity contribution < 1.29 is 4.74 Å². The Balaban J connectivity index is 1.66. The lowest BCUT2D eigenvalue weighted by molar-refractivity contribution is 0.226. The van der Waals surface area contributed by atoms with Crippen LogP contribution >= 0.6 is 11.3 Å². The molecule has 2 unspecified atom stereocenters. The molecule has 0 amide bonds. The molecule has 0 spiro atoms. The fourth-order valence-corrected chi connectivity index (χ4v) is 4.99. The molecule has 0 aliphatic carbocycles. The van der Waals surface area contributed by atoms with E-state index in [4.69, 9.17) is 4.74 Å². The molecule has 0 radical (unpaired) electrons. The number of hydrogen-bond acceptors (Lipinski definition) is 5. The number of nitrogens with zero attached hydrogens (tertiary/aromatic N) is 3. The standard InChI is InChI=1S/C23H18N4OS/c1-14-9-10-17-16(12-14)20-19(22(28-17)18-8-5-11-29-18)21(15-6-3-2-4-7-15)27-23(26-20)24-13-25-27/h2-13,21-22H,1H3,(H,24,25,26). The second kappa shape index (κ2) is 6.32. The number of rotatable bonds is 2. The summed E-state index contributed by atoms with van der Waals surface area (Å²) in [7, 11) is 0. The van der Waals surface area contributed by atoms with Crippen LogP contribution in [0.3, 0.4) is 0 Å². The van der Waals surface area contributed by atoms with Gasteiger partial charge in [0.05, 0.1) is 5.70 Å². The first-order valence-electron chi connectivity index (χ1n) is 9.56. The van der Waals surface area contributed by atoms with Crippen molar-refractivity contribution in [2.24, 2.45) is 0 Å². The third-order valence-electron chi connectivity index (χ3n) is 5.49. The average Bonchev–Trinajstić information content (AvgIpc) is 3.44. The molecule has 142 valence electrons. The lowest BCUT2D eigenvalue weighted by Gasteiger charge is -2.38. The van der Waals surface area contributed by atoms with Crippen molar-refractivity contribution in [3.05, 3.63) is 99.5 Å². The number of hydrogen-bond donors (Lipinski definition) is 1. The summed E-state index contributed by atoms with van der Waals surface area (Å²) in [5.74, 6) is 1.64. The largest absolute Gasteiger partial charge is 0.480 e. The quantitative estimate of drug-likeness (QED) is 0.504. The van der Waals surface area contributed by atoms with Gasteiger partial charge in [-0.2, -0.15) is 10.1 Å². The molecule has 0 saturated carbocycles. The zero-order valence-electron chi connectivity index (χ0n) is 15.7. The minimum absolute atomic E-state index is 0.0919. The summed E-state index contributed by atoms with van der Waals surface area (Å²) < 4.78 is 8.55. The smallest absolute Gasteiger partial charge is 0.226 e. The van der Waals surface area contributed by atoms with E-state index < -0.39 is 0 Å². The van der Waals surface area contributed by atoms with Crippen molar-refractivity contribution in [1.29, 1.82) is 0 Å². The normalized spacial score (nSPS) is 19.6. The van der Waals surface area contributed by atoms with Crippen LogP contribution in [-0.4, -0.2) is 14.8 Å². The number of aromatic nitrogens is 3. The molecule has 6 rings (SSSR count). The monoisotopic (exact) mass is 398 g/mol. The molecule has 6 heteroatoms. The third-order valence-corrected chi connectivity index (χ3v) is 6.40. The van der Waals surface area contributed by atoms with Crippen molar-refractivity contribution in [3.63, 3.8) is 0 Å². The van der Waals surface area contributed by atoms with E-state index in [0.717, 1.165) is 34.1 Å². The maximum absolute atomic E-state index is 6.60.